The molecule has 2 unspecified atom stereocenters. The summed E-state index contributed by atoms with van der Waals surface area (Å²) < 4.78 is 42.1. The van der Waals surface area contributed by atoms with E-state index < -0.39 is 12.7 Å². The van der Waals surface area contributed by atoms with Crippen molar-refractivity contribution in [2.24, 2.45) is 0 Å². The van der Waals surface area contributed by atoms with E-state index in [1.54, 1.807) is 14.0 Å². The number of hydrogen-bond acceptors (Lipinski definition) is 2. The van der Waals surface area contributed by atoms with Crippen molar-refractivity contribution in [2.75, 3.05) is 7.11 Å². The van der Waals surface area contributed by atoms with E-state index in [2.05, 4.69) is 5.32 Å². The zero-order valence-electron chi connectivity index (χ0n) is 10.7. The Kier molecular flexibility index (Phi) is 5.47. The molecule has 0 aliphatic carbocycles. The smallest absolute Gasteiger partial charge is 0.282 e. The molecule has 1 N–H and O–H groups in total. The van der Waals surface area contributed by atoms with Gasteiger partial charge in [0.25, 0.3) is 6.43 Å². The molecule has 0 aliphatic heterocycles. The van der Waals surface area contributed by atoms with Gasteiger partial charge in [-0.3, -0.25) is 5.32 Å². The van der Waals surface area contributed by atoms with E-state index in [0.717, 1.165) is 16.9 Å². The molecule has 102 valence electrons. The van der Waals surface area contributed by atoms with Gasteiger partial charge in [0.1, 0.15) is 5.75 Å². The van der Waals surface area contributed by atoms with Crippen LogP contribution in [0.4, 0.5) is 13.2 Å². The molecule has 0 aliphatic rings. The molecule has 0 radical (unpaired) electrons. The molecular formula is C13H18F3NO. The van der Waals surface area contributed by atoms with Crippen molar-refractivity contribution in [3.05, 3.63) is 29.3 Å². The second-order valence-corrected chi connectivity index (χ2v) is 4.25. The van der Waals surface area contributed by atoms with Gasteiger partial charge in [0.15, 0.2) is 0 Å². The highest BCUT2D eigenvalue weighted by atomic mass is 19.3. The Balaban J connectivity index is 2.67. The van der Waals surface area contributed by atoms with E-state index in [4.69, 9.17) is 4.74 Å². The van der Waals surface area contributed by atoms with Crippen LogP contribution in [0, 0.1) is 6.92 Å². The number of benzene rings is 1. The van der Waals surface area contributed by atoms with Crippen LogP contribution >= 0.6 is 0 Å². The van der Waals surface area contributed by atoms with Crippen molar-refractivity contribution in [3.63, 3.8) is 0 Å². The molecule has 0 fully saturated rings. The standard InChI is InChI=1S/C13H18F3NO/c1-8(17-13(16)12(14)15)7-10-5-4-6-11(18-3)9(10)2/h4-6,8,12-13,17H,7H2,1-3H3. The van der Waals surface area contributed by atoms with Crippen LogP contribution in [0.3, 0.4) is 0 Å². The quantitative estimate of drug-likeness (QED) is 0.795. The van der Waals surface area contributed by atoms with E-state index in [0.29, 0.717) is 6.42 Å². The summed E-state index contributed by atoms with van der Waals surface area (Å²) in [6.45, 7) is 3.56. The lowest BCUT2D eigenvalue weighted by molar-refractivity contribution is 0.0250. The van der Waals surface area contributed by atoms with Gasteiger partial charge in [0.2, 0.25) is 6.30 Å². The van der Waals surface area contributed by atoms with Crippen LogP contribution in [0.5, 0.6) is 5.75 Å². The molecule has 0 bridgehead atoms. The molecule has 0 saturated carbocycles. The Morgan fingerprint density at radius 1 is 1.28 bits per heavy atom. The lowest BCUT2D eigenvalue weighted by Gasteiger charge is -2.18. The van der Waals surface area contributed by atoms with Gasteiger partial charge in [-0.2, -0.15) is 0 Å². The molecule has 1 aromatic carbocycles. The lowest BCUT2D eigenvalue weighted by Crippen LogP contribution is -2.39. The minimum Gasteiger partial charge on any atom is -0.496 e. The first-order chi connectivity index (χ1) is 8.45. The number of methoxy groups -OCH3 is 1. The molecule has 2 nitrogen and oxygen atoms in total. The van der Waals surface area contributed by atoms with Crippen LogP contribution in [0.1, 0.15) is 18.1 Å². The number of nitrogens with one attached hydrogen (secondary N) is 1. The normalized spacial score (nSPS) is 14.6. The maximum absolute atomic E-state index is 12.8. The molecule has 0 amide bonds. The first-order valence-corrected chi connectivity index (χ1v) is 5.76. The van der Waals surface area contributed by atoms with Crippen molar-refractivity contribution >= 4 is 0 Å². The zero-order valence-corrected chi connectivity index (χ0v) is 10.7. The maximum atomic E-state index is 12.8. The summed E-state index contributed by atoms with van der Waals surface area (Å²) in [5.74, 6) is 0.741. The number of halogens is 3. The second kappa shape index (κ2) is 6.64. The average Bonchev–Trinajstić information content (AvgIpc) is 2.31. The van der Waals surface area contributed by atoms with E-state index in [9.17, 15) is 13.2 Å². The summed E-state index contributed by atoms with van der Waals surface area (Å²) in [5.41, 5.74) is 1.90. The van der Waals surface area contributed by atoms with Crippen LogP contribution in [0.2, 0.25) is 0 Å². The van der Waals surface area contributed by atoms with Gasteiger partial charge in [-0.05, 0) is 37.5 Å². The fourth-order valence-corrected chi connectivity index (χ4v) is 1.84. The van der Waals surface area contributed by atoms with Crippen LogP contribution in [-0.2, 0) is 6.42 Å². The number of alkyl halides is 3. The molecule has 0 heterocycles. The largest absolute Gasteiger partial charge is 0.496 e. The fraction of sp³-hybridized carbons (Fsp3) is 0.538. The zero-order chi connectivity index (χ0) is 13.7. The predicted molar refractivity (Wildman–Crippen MR) is 64.9 cm³/mol. The fourth-order valence-electron chi connectivity index (χ4n) is 1.84. The lowest BCUT2D eigenvalue weighted by atomic mass is 10.0. The van der Waals surface area contributed by atoms with E-state index in [-0.39, 0.29) is 6.04 Å². The van der Waals surface area contributed by atoms with Gasteiger partial charge in [-0.1, -0.05) is 12.1 Å². The van der Waals surface area contributed by atoms with Crippen LogP contribution in [0.15, 0.2) is 18.2 Å². The summed E-state index contributed by atoms with van der Waals surface area (Å²) in [5, 5.41) is 2.23. The Hall–Kier alpha value is -1.23. The molecule has 2 atom stereocenters. The Bertz CT molecular complexity index is 384. The van der Waals surface area contributed by atoms with E-state index >= 15 is 0 Å². The summed E-state index contributed by atoms with van der Waals surface area (Å²) in [6, 6.07) is 5.16. The van der Waals surface area contributed by atoms with Crippen LogP contribution < -0.4 is 10.1 Å². The molecule has 5 heteroatoms. The third kappa shape index (κ3) is 3.91. The summed E-state index contributed by atoms with van der Waals surface area (Å²) in [7, 11) is 1.57. The monoisotopic (exact) mass is 261 g/mol. The van der Waals surface area contributed by atoms with Gasteiger partial charge < -0.3 is 4.74 Å². The third-order valence-corrected chi connectivity index (χ3v) is 2.81. The van der Waals surface area contributed by atoms with Gasteiger partial charge in [0.05, 0.1) is 7.11 Å². The van der Waals surface area contributed by atoms with Crippen molar-refractivity contribution < 1.29 is 17.9 Å². The SMILES string of the molecule is COc1cccc(CC(C)NC(F)C(F)F)c1C. The number of rotatable bonds is 6. The van der Waals surface area contributed by atoms with Gasteiger partial charge in [0, 0.05) is 6.04 Å². The van der Waals surface area contributed by atoms with Crippen LogP contribution in [0.25, 0.3) is 0 Å². The molecule has 18 heavy (non-hydrogen) atoms. The predicted octanol–water partition coefficient (Wildman–Crippen LogP) is 3.08. The van der Waals surface area contributed by atoms with Gasteiger partial charge in [-0.25, -0.2) is 13.2 Å². The van der Waals surface area contributed by atoms with E-state index in [1.807, 2.05) is 25.1 Å². The minimum atomic E-state index is -3.00. The maximum Gasteiger partial charge on any atom is 0.282 e. The highest BCUT2D eigenvalue weighted by Crippen LogP contribution is 2.22. The summed E-state index contributed by atoms with van der Waals surface area (Å²) in [4.78, 5) is 0. The van der Waals surface area contributed by atoms with Crippen molar-refractivity contribution in [1.29, 1.82) is 0 Å². The van der Waals surface area contributed by atoms with Crippen molar-refractivity contribution in [1.82, 2.24) is 5.32 Å². The Morgan fingerprint density at radius 2 is 1.94 bits per heavy atom. The average molecular weight is 261 g/mol. The molecule has 0 saturated heterocycles. The topological polar surface area (TPSA) is 21.3 Å². The molecule has 1 rings (SSSR count). The van der Waals surface area contributed by atoms with Crippen LogP contribution in [-0.4, -0.2) is 25.9 Å². The first-order valence-electron chi connectivity index (χ1n) is 5.76. The van der Waals surface area contributed by atoms with Gasteiger partial charge in [-0.15, -0.1) is 0 Å². The van der Waals surface area contributed by atoms with E-state index in [1.165, 1.54) is 0 Å². The first kappa shape index (κ1) is 14.8. The second-order valence-electron chi connectivity index (χ2n) is 4.25. The number of hydrogen-bond donors (Lipinski definition) is 1. The Labute approximate surface area is 105 Å². The summed E-state index contributed by atoms with van der Waals surface area (Å²) in [6.07, 6.45) is -4.82. The molecule has 0 aromatic heterocycles. The number of ether oxygens (including phenoxy) is 1. The highest BCUT2D eigenvalue weighted by molar-refractivity contribution is 5.39. The van der Waals surface area contributed by atoms with Crippen molar-refractivity contribution in [2.45, 2.75) is 39.0 Å². The van der Waals surface area contributed by atoms with Gasteiger partial charge >= 0.3 is 0 Å². The summed E-state index contributed by atoms with van der Waals surface area (Å²) >= 11 is 0. The molecule has 0 spiro atoms. The minimum absolute atomic E-state index is 0.375. The third-order valence-electron chi connectivity index (χ3n) is 2.81. The Morgan fingerprint density at radius 3 is 2.50 bits per heavy atom. The highest BCUT2D eigenvalue weighted by Gasteiger charge is 2.21. The van der Waals surface area contributed by atoms with Crippen molar-refractivity contribution in [3.8, 4) is 5.75 Å². The molecule has 1 aromatic rings. The molecular weight excluding hydrogens is 243 g/mol.